The first-order chi connectivity index (χ1) is 6.34. The second-order valence-electron chi connectivity index (χ2n) is 3.23. The Morgan fingerprint density at radius 3 is 3.08 bits per heavy atom. The minimum absolute atomic E-state index is 0.192. The zero-order valence-corrected chi connectivity index (χ0v) is 7.96. The molecule has 0 bridgehead atoms. The van der Waals surface area contributed by atoms with Crippen LogP contribution in [0, 0.1) is 5.92 Å². The van der Waals surface area contributed by atoms with Crippen molar-refractivity contribution in [1.82, 2.24) is 10.1 Å². The molecule has 0 saturated carbocycles. The normalized spacial score (nSPS) is 22.4. The standard InChI is InChI=1S/C8H11ClN2O2/c9-8-10-7(13-11-8)2-1-6-3-4-12-5-6/h6H,1-5H2. The van der Waals surface area contributed by atoms with Crippen molar-refractivity contribution in [2.45, 2.75) is 19.3 Å². The van der Waals surface area contributed by atoms with Crippen LogP contribution in [-0.4, -0.2) is 23.4 Å². The molecule has 5 heteroatoms. The lowest BCUT2D eigenvalue weighted by molar-refractivity contribution is 0.183. The maximum Gasteiger partial charge on any atom is 0.263 e. The van der Waals surface area contributed by atoms with Crippen LogP contribution in [0.4, 0.5) is 0 Å². The van der Waals surface area contributed by atoms with Crippen LogP contribution in [0.2, 0.25) is 5.28 Å². The van der Waals surface area contributed by atoms with E-state index in [4.69, 9.17) is 20.9 Å². The third kappa shape index (κ3) is 2.42. The van der Waals surface area contributed by atoms with Crippen molar-refractivity contribution in [2.24, 2.45) is 5.92 Å². The van der Waals surface area contributed by atoms with Crippen molar-refractivity contribution in [3.63, 3.8) is 0 Å². The molecular weight excluding hydrogens is 192 g/mol. The van der Waals surface area contributed by atoms with Gasteiger partial charge in [0.1, 0.15) is 0 Å². The monoisotopic (exact) mass is 202 g/mol. The van der Waals surface area contributed by atoms with E-state index in [0.29, 0.717) is 11.8 Å². The number of ether oxygens (including phenoxy) is 1. The number of nitrogens with zero attached hydrogens (tertiary/aromatic N) is 2. The summed E-state index contributed by atoms with van der Waals surface area (Å²) in [5, 5.41) is 3.70. The van der Waals surface area contributed by atoms with E-state index in [1.54, 1.807) is 0 Å². The molecule has 4 nitrogen and oxygen atoms in total. The van der Waals surface area contributed by atoms with E-state index in [0.717, 1.165) is 32.5 Å². The molecule has 1 aromatic rings. The number of aryl methyl sites for hydroxylation is 1. The molecule has 1 aliphatic rings. The Labute approximate surface area is 81.2 Å². The first-order valence-electron chi connectivity index (χ1n) is 4.40. The van der Waals surface area contributed by atoms with Crippen molar-refractivity contribution in [3.8, 4) is 0 Å². The molecule has 0 aromatic carbocycles. The smallest absolute Gasteiger partial charge is 0.263 e. The summed E-state index contributed by atoms with van der Waals surface area (Å²) < 4.78 is 10.1. The van der Waals surface area contributed by atoms with E-state index in [9.17, 15) is 0 Å². The fourth-order valence-electron chi connectivity index (χ4n) is 1.47. The summed E-state index contributed by atoms with van der Waals surface area (Å²) in [6, 6.07) is 0. The Morgan fingerprint density at radius 1 is 1.54 bits per heavy atom. The molecule has 1 aromatic heterocycles. The van der Waals surface area contributed by atoms with Crippen LogP contribution in [0.1, 0.15) is 18.7 Å². The molecular formula is C8H11ClN2O2. The summed E-state index contributed by atoms with van der Waals surface area (Å²) >= 11 is 5.52. The van der Waals surface area contributed by atoms with Gasteiger partial charge in [0, 0.05) is 19.6 Å². The highest BCUT2D eigenvalue weighted by atomic mass is 35.5. The van der Waals surface area contributed by atoms with Crippen molar-refractivity contribution >= 4 is 11.6 Å². The van der Waals surface area contributed by atoms with Gasteiger partial charge in [0.15, 0.2) is 0 Å². The van der Waals surface area contributed by atoms with Gasteiger partial charge in [-0.3, -0.25) is 0 Å². The highest BCUT2D eigenvalue weighted by molar-refractivity contribution is 6.28. The average molecular weight is 203 g/mol. The Balaban J connectivity index is 1.78. The van der Waals surface area contributed by atoms with E-state index in [2.05, 4.69) is 10.1 Å². The quantitative estimate of drug-likeness (QED) is 0.749. The van der Waals surface area contributed by atoms with Crippen LogP contribution in [0.15, 0.2) is 4.52 Å². The second-order valence-corrected chi connectivity index (χ2v) is 3.56. The van der Waals surface area contributed by atoms with E-state index in [1.807, 2.05) is 0 Å². The van der Waals surface area contributed by atoms with Gasteiger partial charge in [-0.15, -0.1) is 0 Å². The van der Waals surface area contributed by atoms with Crippen molar-refractivity contribution in [2.75, 3.05) is 13.2 Å². The molecule has 2 rings (SSSR count). The highest BCUT2D eigenvalue weighted by Crippen LogP contribution is 2.18. The number of halogens is 1. The second kappa shape index (κ2) is 4.07. The predicted molar refractivity (Wildman–Crippen MR) is 46.6 cm³/mol. The molecule has 1 aliphatic heterocycles. The van der Waals surface area contributed by atoms with Crippen LogP contribution in [0.5, 0.6) is 0 Å². The van der Waals surface area contributed by atoms with E-state index in [-0.39, 0.29) is 5.28 Å². The summed E-state index contributed by atoms with van der Waals surface area (Å²) in [7, 11) is 0. The van der Waals surface area contributed by atoms with Crippen LogP contribution in [-0.2, 0) is 11.2 Å². The third-order valence-corrected chi connectivity index (χ3v) is 2.39. The fourth-order valence-corrected chi connectivity index (χ4v) is 1.60. The van der Waals surface area contributed by atoms with Gasteiger partial charge in [0.05, 0.1) is 0 Å². The van der Waals surface area contributed by atoms with Crippen LogP contribution >= 0.6 is 11.6 Å². The summed E-state index contributed by atoms with van der Waals surface area (Å²) in [4.78, 5) is 3.92. The van der Waals surface area contributed by atoms with Gasteiger partial charge in [0.2, 0.25) is 5.89 Å². The molecule has 0 aliphatic carbocycles. The minimum Gasteiger partial charge on any atom is -0.381 e. The van der Waals surface area contributed by atoms with Gasteiger partial charge in [0.25, 0.3) is 5.28 Å². The maximum absolute atomic E-state index is 5.52. The van der Waals surface area contributed by atoms with Gasteiger partial charge in [-0.1, -0.05) is 0 Å². The van der Waals surface area contributed by atoms with Crippen molar-refractivity contribution in [3.05, 3.63) is 11.2 Å². The Bertz CT molecular complexity index is 271. The fraction of sp³-hybridized carbons (Fsp3) is 0.750. The maximum atomic E-state index is 5.52. The Hall–Kier alpha value is -0.610. The summed E-state index contributed by atoms with van der Waals surface area (Å²) in [5.74, 6) is 1.27. The summed E-state index contributed by atoms with van der Waals surface area (Å²) in [6.45, 7) is 1.75. The Morgan fingerprint density at radius 2 is 2.46 bits per heavy atom. The molecule has 0 amide bonds. The highest BCUT2D eigenvalue weighted by Gasteiger charge is 2.16. The molecule has 0 radical (unpaired) electrons. The minimum atomic E-state index is 0.192. The Kier molecular flexibility index (Phi) is 2.80. The molecule has 13 heavy (non-hydrogen) atoms. The average Bonchev–Trinajstić information content (AvgIpc) is 2.71. The number of aromatic nitrogens is 2. The molecule has 2 heterocycles. The zero-order chi connectivity index (χ0) is 9.10. The SMILES string of the molecule is Clc1noc(CCC2CCOC2)n1. The summed E-state index contributed by atoms with van der Waals surface area (Å²) in [5.41, 5.74) is 0. The first kappa shape index (κ1) is 8.97. The molecule has 1 saturated heterocycles. The molecule has 0 spiro atoms. The number of rotatable bonds is 3. The lowest BCUT2D eigenvalue weighted by Gasteiger charge is -2.02. The van der Waals surface area contributed by atoms with Gasteiger partial charge < -0.3 is 9.26 Å². The van der Waals surface area contributed by atoms with Gasteiger partial charge in [-0.2, -0.15) is 4.98 Å². The first-order valence-corrected chi connectivity index (χ1v) is 4.78. The van der Waals surface area contributed by atoms with Gasteiger partial charge in [-0.25, -0.2) is 0 Å². The van der Waals surface area contributed by atoms with Crippen molar-refractivity contribution in [1.29, 1.82) is 0 Å². The molecule has 1 fully saturated rings. The molecule has 72 valence electrons. The van der Waals surface area contributed by atoms with Crippen molar-refractivity contribution < 1.29 is 9.26 Å². The number of hydrogen-bond acceptors (Lipinski definition) is 4. The van der Waals surface area contributed by atoms with Crippen LogP contribution < -0.4 is 0 Å². The number of hydrogen-bond donors (Lipinski definition) is 0. The summed E-state index contributed by atoms with van der Waals surface area (Å²) in [6.07, 6.45) is 2.98. The van der Waals surface area contributed by atoms with Gasteiger partial charge in [-0.05, 0) is 35.5 Å². The van der Waals surface area contributed by atoms with E-state index in [1.165, 1.54) is 0 Å². The molecule has 1 atom stereocenters. The lowest BCUT2D eigenvalue weighted by atomic mass is 10.0. The zero-order valence-electron chi connectivity index (χ0n) is 7.20. The topological polar surface area (TPSA) is 48.2 Å². The van der Waals surface area contributed by atoms with E-state index < -0.39 is 0 Å². The van der Waals surface area contributed by atoms with Gasteiger partial charge >= 0.3 is 0 Å². The van der Waals surface area contributed by atoms with Crippen LogP contribution in [0.25, 0.3) is 0 Å². The van der Waals surface area contributed by atoms with Crippen LogP contribution in [0.3, 0.4) is 0 Å². The molecule has 0 N–H and O–H groups in total. The van der Waals surface area contributed by atoms with E-state index >= 15 is 0 Å². The predicted octanol–water partition coefficient (Wildman–Crippen LogP) is 1.69. The molecule has 1 unspecified atom stereocenters. The largest absolute Gasteiger partial charge is 0.381 e. The lowest BCUT2D eigenvalue weighted by Crippen LogP contribution is -2.01. The third-order valence-electron chi connectivity index (χ3n) is 2.23.